The summed E-state index contributed by atoms with van der Waals surface area (Å²) in [6.07, 6.45) is 4.18. The number of nitrogens with two attached hydrogens (primary N) is 1. The third-order valence-electron chi connectivity index (χ3n) is 3.38. The van der Waals surface area contributed by atoms with E-state index >= 15 is 0 Å². The summed E-state index contributed by atoms with van der Waals surface area (Å²) in [4.78, 5) is 24.3. The number of rotatable bonds is 3. The molecule has 1 fully saturated rings. The molecule has 0 unspecified atom stereocenters. The zero-order valence-electron chi connectivity index (χ0n) is 11.7. The van der Waals surface area contributed by atoms with Gasteiger partial charge in [0.25, 0.3) is 0 Å². The highest BCUT2D eigenvalue weighted by Crippen LogP contribution is 2.14. The number of hydrogen-bond acceptors (Lipinski definition) is 3. The number of anilines is 1. The first kappa shape index (κ1) is 15.1. The Morgan fingerprint density at radius 3 is 2.71 bits per heavy atom. The number of urea groups is 1. The molecule has 0 bridgehead atoms. The fourth-order valence-electron chi connectivity index (χ4n) is 2.19. The van der Waals surface area contributed by atoms with Crippen LogP contribution < -0.4 is 11.1 Å². The number of aliphatic carboxylic acids is 1. The first-order valence-electron chi connectivity index (χ1n) is 6.87. The largest absolute Gasteiger partial charge is 0.478 e. The molecule has 0 spiro atoms. The predicted molar refractivity (Wildman–Crippen MR) is 80.9 cm³/mol. The fraction of sp³-hybridized carbons (Fsp3) is 0.333. The Bertz CT molecular complexity index is 549. The number of hydrogen-bond donors (Lipinski definition) is 3. The van der Waals surface area contributed by atoms with Gasteiger partial charge in [-0.15, -0.1) is 0 Å². The molecular formula is C15H19N3O3. The predicted octanol–water partition coefficient (Wildman–Crippen LogP) is 1.74. The van der Waals surface area contributed by atoms with Gasteiger partial charge in [-0.2, -0.15) is 0 Å². The number of nitrogens with one attached hydrogen (secondary N) is 1. The van der Waals surface area contributed by atoms with Crippen molar-refractivity contribution in [1.82, 2.24) is 4.90 Å². The van der Waals surface area contributed by atoms with Gasteiger partial charge >= 0.3 is 12.0 Å². The van der Waals surface area contributed by atoms with E-state index in [4.69, 9.17) is 10.8 Å². The molecule has 0 aromatic heterocycles. The maximum Gasteiger partial charge on any atom is 0.328 e. The molecule has 112 valence electrons. The van der Waals surface area contributed by atoms with Crippen LogP contribution in [0.4, 0.5) is 10.5 Å². The van der Waals surface area contributed by atoms with Crippen LogP contribution in [-0.4, -0.2) is 41.1 Å². The van der Waals surface area contributed by atoms with E-state index in [1.54, 1.807) is 29.2 Å². The molecule has 2 amide bonds. The van der Waals surface area contributed by atoms with Crippen LogP contribution in [0.1, 0.15) is 18.4 Å². The first-order chi connectivity index (χ1) is 10.0. The minimum Gasteiger partial charge on any atom is -0.478 e. The SMILES string of the molecule is NC1CCN(C(=O)Nc2cccc(/C=C/C(=O)O)c2)CC1. The number of carbonyl (C=O) groups excluding carboxylic acids is 1. The second kappa shape index (κ2) is 6.90. The van der Waals surface area contributed by atoms with Crippen molar-refractivity contribution in [3.63, 3.8) is 0 Å². The normalized spacial score (nSPS) is 16.1. The van der Waals surface area contributed by atoms with Crippen molar-refractivity contribution in [2.45, 2.75) is 18.9 Å². The summed E-state index contributed by atoms with van der Waals surface area (Å²) in [5.41, 5.74) is 7.17. The molecule has 21 heavy (non-hydrogen) atoms. The van der Waals surface area contributed by atoms with Gasteiger partial charge in [0, 0.05) is 30.9 Å². The van der Waals surface area contributed by atoms with Crippen LogP contribution in [0, 0.1) is 0 Å². The smallest absolute Gasteiger partial charge is 0.328 e. The zero-order chi connectivity index (χ0) is 15.2. The number of nitrogens with zero attached hydrogens (tertiary/aromatic N) is 1. The van der Waals surface area contributed by atoms with E-state index in [1.165, 1.54) is 6.08 Å². The van der Waals surface area contributed by atoms with Crippen LogP contribution >= 0.6 is 0 Å². The molecule has 6 nitrogen and oxygen atoms in total. The molecule has 0 radical (unpaired) electrons. The molecule has 1 aliphatic rings. The van der Waals surface area contributed by atoms with Crippen molar-refractivity contribution in [2.24, 2.45) is 5.73 Å². The van der Waals surface area contributed by atoms with Gasteiger partial charge in [0.1, 0.15) is 0 Å². The highest BCUT2D eigenvalue weighted by molar-refractivity contribution is 5.90. The van der Waals surface area contributed by atoms with Crippen molar-refractivity contribution >= 4 is 23.8 Å². The Hall–Kier alpha value is -2.34. The molecule has 4 N–H and O–H groups in total. The van der Waals surface area contributed by atoms with E-state index < -0.39 is 5.97 Å². The molecule has 1 heterocycles. The Morgan fingerprint density at radius 2 is 2.05 bits per heavy atom. The average Bonchev–Trinajstić information content (AvgIpc) is 2.46. The molecule has 1 aliphatic heterocycles. The van der Waals surface area contributed by atoms with Crippen molar-refractivity contribution in [2.75, 3.05) is 18.4 Å². The molecule has 0 atom stereocenters. The van der Waals surface area contributed by atoms with Gasteiger partial charge in [-0.3, -0.25) is 0 Å². The lowest BCUT2D eigenvalue weighted by Gasteiger charge is -2.30. The second-order valence-electron chi connectivity index (χ2n) is 5.05. The van der Waals surface area contributed by atoms with Crippen LogP contribution in [0.15, 0.2) is 30.3 Å². The van der Waals surface area contributed by atoms with E-state index in [2.05, 4.69) is 5.32 Å². The lowest BCUT2D eigenvalue weighted by Crippen LogP contribution is -2.44. The van der Waals surface area contributed by atoms with Gasteiger partial charge in [-0.1, -0.05) is 12.1 Å². The number of likely N-dealkylation sites (tertiary alicyclic amines) is 1. The molecule has 6 heteroatoms. The molecular weight excluding hydrogens is 270 g/mol. The van der Waals surface area contributed by atoms with E-state index in [9.17, 15) is 9.59 Å². The lowest BCUT2D eigenvalue weighted by molar-refractivity contribution is -0.131. The summed E-state index contributed by atoms with van der Waals surface area (Å²) < 4.78 is 0. The molecule has 1 saturated heterocycles. The van der Waals surface area contributed by atoms with Gasteiger partial charge in [-0.05, 0) is 36.6 Å². The number of piperidine rings is 1. The van der Waals surface area contributed by atoms with E-state index in [0.717, 1.165) is 24.5 Å². The highest BCUT2D eigenvalue weighted by atomic mass is 16.4. The van der Waals surface area contributed by atoms with Crippen molar-refractivity contribution in [1.29, 1.82) is 0 Å². The van der Waals surface area contributed by atoms with Gasteiger partial charge in [0.05, 0.1) is 0 Å². The maximum atomic E-state index is 12.1. The van der Waals surface area contributed by atoms with E-state index in [1.807, 2.05) is 0 Å². The van der Waals surface area contributed by atoms with Gasteiger partial charge in [0.2, 0.25) is 0 Å². The average molecular weight is 289 g/mol. The van der Waals surface area contributed by atoms with Crippen LogP contribution in [0.2, 0.25) is 0 Å². The molecule has 0 saturated carbocycles. The van der Waals surface area contributed by atoms with Gasteiger partial charge in [0.15, 0.2) is 0 Å². The van der Waals surface area contributed by atoms with Crippen LogP contribution in [0.25, 0.3) is 6.08 Å². The lowest BCUT2D eigenvalue weighted by atomic mass is 10.1. The summed E-state index contributed by atoms with van der Waals surface area (Å²) in [5, 5.41) is 11.4. The number of carboxylic acid groups (broad SMARTS) is 1. The van der Waals surface area contributed by atoms with Crippen LogP contribution in [0.5, 0.6) is 0 Å². The summed E-state index contributed by atoms with van der Waals surface area (Å²) in [5.74, 6) is -1.01. The van der Waals surface area contributed by atoms with Crippen LogP contribution in [-0.2, 0) is 4.79 Å². The molecule has 1 aromatic rings. The van der Waals surface area contributed by atoms with Gasteiger partial charge in [-0.25, -0.2) is 9.59 Å². The number of carbonyl (C=O) groups is 2. The Balaban J connectivity index is 1.97. The minimum atomic E-state index is -1.01. The molecule has 0 aliphatic carbocycles. The number of carboxylic acids is 1. The Kier molecular flexibility index (Phi) is 4.94. The Labute approximate surface area is 123 Å². The number of benzene rings is 1. The first-order valence-corrected chi connectivity index (χ1v) is 6.87. The fourth-order valence-corrected chi connectivity index (χ4v) is 2.19. The van der Waals surface area contributed by atoms with Crippen molar-refractivity contribution in [3.05, 3.63) is 35.9 Å². The molecule has 2 rings (SSSR count). The quantitative estimate of drug-likeness (QED) is 0.738. The zero-order valence-corrected chi connectivity index (χ0v) is 11.7. The third-order valence-corrected chi connectivity index (χ3v) is 3.38. The molecule has 1 aromatic carbocycles. The van der Waals surface area contributed by atoms with Crippen molar-refractivity contribution in [3.8, 4) is 0 Å². The monoisotopic (exact) mass is 289 g/mol. The minimum absolute atomic E-state index is 0.152. The summed E-state index contributed by atoms with van der Waals surface area (Å²) in [6.45, 7) is 1.32. The summed E-state index contributed by atoms with van der Waals surface area (Å²) in [7, 11) is 0. The third kappa shape index (κ3) is 4.61. The number of amides is 2. The van der Waals surface area contributed by atoms with E-state index in [0.29, 0.717) is 18.8 Å². The standard InChI is InChI=1S/C15H19N3O3/c16-12-6-8-18(9-7-12)15(21)17-13-3-1-2-11(10-13)4-5-14(19)20/h1-5,10,12H,6-9,16H2,(H,17,21)(H,19,20)/b5-4+. The summed E-state index contributed by atoms with van der Waals surface area (Å²) in [6, 6.07) is 7.07. The summed E-state index contributed by atoms with van der Waals surface area (Å²) >= 11 is 0. The Morgan fingerprint density at radius 1 is 1.33 bits per heavy atom. The van der Waals surface area contributed by atoms with Gasteiger partial charge < -0.3 is 21.1 Å². The maximum absolute atomic E-state index is 12.1. The second-order valence-corrected chi connectivity index (χ2v) is 5.05. The van der Waals surface area contributed by atoms with E-state index in [-0.39, 0.29) is 12.1 Å². The van der Waals surface area contributed by atoms with Crippen LogP contribution in [0.3, 0.4) is 0 Å². The van der Waals surface area contributed by atoms with Crippen molar-refractivity contribution < 1.29 is 14.7 Å². The topological polar surface area (TPSA) is 95.7 Å². The highest BCUT2D eigenvalue weighted by Gasteiger charge is 2.20.